The molecule has 0 saturated carbocycles. The van der Waals surface area contributed by atoms with Crippen molar-refractivity contribution in [2.45, 2.75) is 46.3 Å². The Kier molecular flexibility index (Phi) is 3.72. The van der Waals surface area contributed by atoms with Crippen LogP contribution in [0.2, 0.25) is 0 Å². The van der Waals surface area contributed by atoms with E-state index in [1.807, 2.05) is 13.8 Å². The minimum absolute atomic E-state index is 0.0617. The highest BCUT2D eigenvalue weighted by Crippen LogP contribution is 2.30. The van der Waals surface area contributed by atoms with Crippen molar-refractivity contribution in [3.05, 3.63) is 0 Å². The van der Waals surface area contributed by atoms with Gasteiger partial charge in [-0.1, -0.05) is 13.8 Å². The number of carbonyl (C=O) groups excluding carboxylic acids is 2. The largest absolute Gasteiger partial charge is 0.462 e. The Morgan fingerprint density at radius 3 is 2.53 bits per heavy atom. The molecule has 0 N–H and O–H groups in total. The molecule has 0 aromatic rings. The molecule has 0 amide bonds. The first-order valence-electron chi connectivity index (χ1n) is 5.35. The van der Waals surface area contributed by atoms with Gasteiger partial charge in [0.25, 0.3) is 0 Å². The summed E-state index contributed by atoms with van der Waals surface area (Å²) in [4.78, 5) is 22.4. The topological polar surface area (TPSA) is 52.6 Å². The Labute approximate surface area is 89.9 Å². The standard InChI is InChI=1S/C11H18O4/c1-5-9-6(2)10(14-8(4)12)7(3)11(13)15-9/h6-7,9-10H,5H2,1-4H3/t6-,7-,9+,10-/m0/s1. The molecule has 1 heterocycles. The highest BCUT2D eigenvalue weighted by atomic mass is 16.6. The van der Waals surface area contributed by atoms with Gasteiger partial charge in [0.15, 0.2) is 0 Å². The van der Waals surface area contributed by atoms with Crippen LogP contribution in [0.4, 0.5) is 0 Å². The third-order valence-corrected chi connectivity index (χ3v) is 2.94. The Hall–Kier alpha value is -1.06. The highest BCUT2D eigenvalue weighted by Gasteiger charge is 2.42. The van der Waals surface area contributed by atoms with Crippen molar-refractivity contribution in [2.24, 2.45) is 11.8 Å². The van der Waals surface area contributed by atoms with Gasteiger partial charge < -0.3 is 9.47 Å². The minimum Gasteiger partial charge on any atom is -0.462 e. The fourth-order valence-corrected chi connectivity index (χ4v) is 2.02. The highest BCUT2D eigenvalue weighted by molar-refractivity contribution is 5.75. The molecule has 0 aliphatic carbocycles. The second kappa shape index (κ2) is 4.64. The fraction of sp³-hybridized carbons (Fsp3) is 0.818. The van der Waals surface area contributed by atoms with Gasteiger partial charge in [-0.15, -0.1) is 0 Å². The molecule has 1 saturated heterocycles. The molecule has 0 aromatic heterocycles. The molecule has 0 unspecified atom stereocenters. The molecule has 1 fully saturated rings. The third-order valence-electron chi connectivity index (χ3n) is 2.94. The lowest BCUT2D eigenvalue weighted by Crippen LogP contribution is -2.48. The van der Waals surface area contributed by atoms with Gasteiger partial charge >= 0.3 is 11.9 Å². The second-order valence-electron chi connectivity index (χ2n) is 4.11. The zero-order chi connectivity index (χ0) is 11.6. The lowest BCUT2D eigenvalue weighted by atomic mass is 9.85. The molecule has 86 valence electrons. The first kappa shape index (κ1) is 12.0. The summed E-state index contributed by atoms with van der Waals surface area (Å²) >= 11 is 0. The van der Waals surface area contributed by atoms with Crippen molar-refractivity contribution >= 4 is 11.9 Å². The molecule has 0 spiro atoms. The van der Waals surface area contributed by atoms with Crippen LogP contribution in [0.25, 0.3) is 0 Å². The van der Waals surface area contributed by atoms with E-state index in [9.17, 15) is 9.59 Å². The van der Waals surface area contributed by atoms with Gasteiger partial charge in [-0.2, -0.15) is 0 Å². The second-order valence-corrected chi connectivity index (χ2v) is 4.11. The maximum absolute atomic E-state index is 11.5. The van der Waals surface area contributed by atoms with Crippen LogP contribution in [0.3, 0.4) is 0 Å². The molecular weight excluding hydrogens is 196 g/mol. The summed E-state index contributed by atoms with van der Waals surface area (Å²) in [5.74, 6) is -0.923. The molecule has 4 heteroatoms. The maximum Gasteiger partial charge on any atom is 0.312 e. The smallest absolute Gasteiger partial charge is 0.312 e. The molecule has 1 aliphatic rings. The molecule has 0 bridgehead atoms. The summed E-state index contributed by atoms with van der Waals surface area (Å²) < 4.78 is 10.4. The number of carbonyl (C=O) groups is 2. The average molecular weight is 214 g/mol. The first-order valence-corrected chi connectivity index (χ1v) is 5.35. The summed E-state index contributed by atoms with van der Waals surface area (Å²) in [6.07, 6.45) is 0.254. The molecule has 1 aliphatic heterocycles. The van der Waals surface area contributed by atoms with Crippen molar-refractivity contribution in [1.29, 1.82) is 0 Å². The summed E-state index contributed by atoms with van der Waals surface area (Å²) in [6, 6.07) is 0. The van der Waals surface area contributed by atoms with E-state index in [1.165, 1.54) is 6.92 Å². The average Bonchev–Trinajstić information content (AvgIpc) is 2.18. The molecule has 0 radical (unpaired) electrons. The monoisotopic (exact) mass is 214 g/mol. The van der Waals surface area contributed by atoms with Gasteiger partial charge in [0.2, 0.25) is 0 Å². The van der Waals surface area contributed by atoms with Crippen LogP contribution in [-0.2, 0) is 19.1 Å². The van der Waals surface area contributed by atoms with Crippen LogP contribution in [0.15, 0.2) is 0 Å². The predicted octanol–water partition coefficient (Wildman–Crippen LogP) is 1.53. The number of hydrogen-bond donors (Lipinski definition) is 0. The van der Waals surface area contributed by atoms with Crippen LogP contribution < -0.4 is 0 Å². The minimum atomic E-state index is -0.369. The van der Waals surface area contributed by atoms with E-state index in [4.69, 9.17) is 9.47 Å². The Bertz CT molecular complexity index is 261. The normalized spacial score (nSPS) is 35.9. The van der Waals surface area contributed by atoms with Crippen LogP contribution in [-0.4, -0.2) is 24.1 Å². The molecule has 15 heavy (non-hydrogen) atoms. The Morgan fingerprint density at radius 2 is 2.07 bits per heavy atom. The Balaban J connectivity index is 2.79. The van der Waals surface area contributed by atoms with E-state index < -0.39 is 0 Å². The summed E-state index contributed by atoms with van der Waals surface area (Å²) in [5, 5.41) is 0. The number of cyclic esters (lactones) is 1. The van der Waals surface area contributed by atoms with Crippen LogP contribution >= 0.6 is 0 Å². The van der Waals surface area contributed by atoms with Crippen LogP contribution in [0, 0.1) is 11.8 Å². The van der Waals surface area contributed by atoms with Crippen LogP contribution in [0.5, 0.6) is 0 Å². The first-order chi connectivity index (χ1) is 6.97. The van der Waals surface area contributed by atoms with E-state index in [-0.39, 0.29) is 36.0 Å². The van der Waals surface area contributed by atoms with E-state index in [0.717, 1.165) is 6.42 Å². The molecule has 4 atom stereocenters. The zero-order valence-corrected chi connectivity index (χ0v) is 9.65. The fourth-order valence-electron chi connectivity index (χ4n) is 2.02. The predicted molar refractivity (Wildman–Crippen MR) is 54.1 cm³/mol. The molecule has 1 rings (SSSR count). The van der Waals surface area contributed by atoms with Crippen molar-refractivity contribution in [3.8, 4) is 0 Å². The molecular formula is C11H18O4. The van der Waals surface area contributed by atoms with Crippen molar-refractivity contribution in [1.82, 2.24) is 0 Å². The van der Waals surface area contributed by atoms with Crippen molar-refractivity contribution in [2.75, 3.05) is 0 Å². The van der Waals surface area contributed by atoms with Crippen LogP contribution in [0.1, 0.15) is 34.1 Å². The van der Waals surface area contributed by atoms with E-state index in [2.05, 4.69) is 0 Å². The van der Waals surface area contributed by atoms with Crippen molar-refractivity contribution in [3.63, 3.8) is 0 Å². The lowest BCUT2D eigenvalue weighted by molar-refractivity contribution is -0.186. The summed E-state index contributed by atoms with van der Waals surface area (Å²) in [7, 11) is 0. The van der Waals surface area contributed by atoms with E-state index >= 15 is 0 Å². The Morgan fingerprint density at radius 1 is 1.47 bits per heavy atom. The third kappa shape index (κ3) is 2.49. The molecule has 0 aromatic carbocycles. The van der Waals surface area contributed by atoms with Crippen molar-refractivity contribution < 1.29 is 19.1 Å². The number of rotatable bonds is 2. The SMILES string of the molecule is CC[C@H]1OC(=O)[C@@H](C)[C@@H](OC(C)=O)[C@H]1C. The van der Waals surface area contributed by atoms with Gasteiger partial charge in [-0.3, -0.25) is 9.59 Å². The summed E-state index contributed by atoms with van der Waals surface area (Å²) in [6.45, 7) is 7.00. The molecule has 4 nitrogen and oxygen atoms in total. The lowest BCUT2D eigenvalue weighted by Gasteiger charge is -2.37. The number of hydrogen-bond acceptors (Lipinski definition) is 4. The van der Waals surface area contributed by atoms with Gasteiger partial charge in [0, 0.05) is 12.8 Å². The number of ether oxygens (including phenoxy) is 2. The zero-order valence-electron chi connectivity index (χ0n) is 9.65. The van der Waals surface area contributed by atoms with Gasteiger partial charge in [-0.05, 0) is 13.3 Å². The van der Waals surface area contributed by atoms with Gasteiger partial charge in [-0.25, -0.2) is 0 Å². The van der Waals surface area contributed by atoms with E-state index in [1.54, 1.807) is 6.92 Å². The van der Waals surface area contributed by atoms with Gasteiger partial charge in [0.05, 0.1) is 5.92 Å². The number of esters is 2. The van der Waals surface area contributed by atoms with E-state index in [0.29, 0.717) is 0 Å². The summed E-state index contributed by atoms with van der Waals surface area (Å²) in [5.41, 5.74) is 0. The maximum atomic E-state index is 11.5. The van der Waals surface area contributed by atoms with Gasteiger partial charge in [0.1, 0.15) is 12.2 Å². The quantitative estimate of drug-likeness (QED) is 0.654.